The molecule has 9 heteroatoms. The summed E-state index contributed by atoms with van der Waals surface area (Å²) in [5.41, 5.74) is 8.57. The van der Waals surface area contributed by atoms with Crippen molar-refractivity contribution in [2.75, 3.05) is 18.4 Å². The number of morpholine rings is 1. The second kappa shape index (κ2) is 13.9. The number of carbonyl (C=O) groups excluding carboxylic acids is 1. The maximum absolute atomic E-state index is 15.2. The maximum Gasteiger partial charge on any atom is 0.242 e. The molecule has 2 fully saturated rings. The van der Waals surface area contributed by atoms with Crippen LogP contribution in [-0.4, -0.2) is 46.6 Å². The second-order valence-electron chi connectivity index (χ2n) is 12.1. The Morgan fingerprint density at radius 3 is 2.22 bits per heavy atom. The second-order valence-corrected chi connectivity index (χ2v) is 12.1. The Hall–Kier alpha value is -4.49. The lowest BCUT2D eigenvalue weighted by atomic mass is 9.85. The number of carbonyl (C=O) groups is 1. The molecule has 0 bridgehead atoms. The van der Waals surface area contributed by atoms with Gasteiger partial charge in [-0.05, 0) is 53.8 Å². The minimum absolute atomic E-state index is 0.0279. The Bertz CT molecular complexity index is 1670. The quantitative estimate of drug-likeness (QED) is 0.241. The monoisotopic (exact) mass is 624 g/mol. The number of pyridine rings is 1. The van der Waals surface area contributed by atoms with Crippen molar-refractivity contribution >= 4 is 11.6 Å². The number of nitrogens with zero attached hydrogens (tertiary/aromatic N) is 2. The van der Waals surface area contributed by atoms with Crippen LogP contribution >= 0.6 is 0 Å². The molecule has 1 amide bonds. The molecule has 2 atom stereocenters. The fourth-order valence-corrected chi connectivity index (χ4v) is 6.54. The van der Waals surface area contributed by atoms with E-state index < -0.39 is 41.4 Å². The standard InChI is InChI=1S/C37H35F3N4O2/c38-28-12-8-26(9-13-28)34(27-10-14-29(39)15-11-27)35(41)36(45)43-33-21-42-20-32(40)31(33)17-16-30-23-44(22-25-6-2-1-3-7-25)24-37(46-30)18-4-5-19-37/h1-3,6-15,20-21,30,34-35H,4-5,18-19,22-24,41H2,(H,43,45)/t30-,35?/m1/s1. The van der Waals surface area contributed by atoms with Crippen molar-refractivity contribution in [1.29, 1.82) is 0 Å². The summed E-state index contributed by atoms with van der Waals surface area (Å²) in [4.78, 5) is 19.9. The number of amides is 1. The van der Waals surface area contributed by atoms with Crippen LogP contribution in [0.2, 0.25) is 0 Å². The van der Waals surface area contributed by atoms with Crippen LogP contribution < -0.4 is 11.1 Å². The van der Waals surface area contributed by atoms with Gasteiger partial charge >= 0.3 is 0 Å². The number of halogens is 3. The molecule has 6 nitrogen and oxygen atoms in total. The van der Waals surface area contributed by atoms with Gasteiger partial charge in [-0.25, -0.2) is 13.2 Å². The van der Waals surface area contributed by atoms with Gasteiger partial charge in [0, 0.05) is 25.6 Å². The van der Waals surface area contributed by atoms with Gasteiger partial charge in [0.2, 0.25) is 5.91 Å². The van der Waals surface area contributed by atoms with E-state index in [1.807, 2.05) is 18.2 Å². The van der Waals surface area contributed by atoms with Crippen molar-refractivity contribution in [3.05, 3.63) is 131 Å². The average Bonchev–Trinajstić information content (AvgIpc) is 3.49. The summed E-state index contributed by atoms with van der Waals surface area (Å²) >= 11 is 0. The van der Waals surface area contributed by atoms with E-state index in [1.54, 1.807) is 0 Å². The van der Waals surface area contributed by atoms with E-state index in [0.717, 1.165) is 45.0 Å². The molecule has 1 unspecified atom stereocenters. The van der Waals surface area contributed by atoms with Crippen molar-refractivity contribution in [2.45, 2.75) is 55.9 Å². The number of hydrogen-bond donors (Lipinski definition) is 2. The van der Waals surface area contributed by atoms with Crippen LogP contribution in [0.25, 0.3) is 0 Å². The zero-order valence-corrected chi connectivity index (χ0v) is 25.3. The minimum Gasteiger partial charge on any atom is -0.356 e. The number of aromatic nitrogens is 1. The van der Waals surface area contributed by atoms with Gasteiger partial charge in [0.05, 0.1) is 35.3 Å². The van der Waals surface area contributed by atoms with E-state index in [-0.39, 0.29) is 16.9 Å². The van der Waals surface area contributed by atoms with Gasteiger partial charge in [-0.15, -0.1) is 0 Å². The highest BCUT2D eigenvalue weighted by molar-refractivity contribution is 5.96. The smallest absolute Gasteiger partial charge is 0.242 e. The first-order valence-electron chi connectivity index (χ1n) is 15.5. The van der Waals surface area contributed by atoms with Crippen molar-refractivity contribution in [3.63, 3.8) is 0 Å². The zero-order valence-electron chi connectivity index (χ0n) is 25.3. The van der Waals surface area contributed by atoms with E-state index in [4.69, 9.17) is 10.5 Å². The average molecular weight is 625 g/mol. The summed E-state index contributed by atoms with van der Waals surface area (Å²) in [5.74, 6) is 3.11. The summed E-state index contributed by atoms with van der Waals surface area (Å²) in [6.45, 7) is 2.13. The van der Waals surface area contributed by atoms with Crippen LogP contribution in [0.15, 0.2) is 91.3 Å². The molecule has 1 aliphatic heterocycles. The van der Waals surface area contributed by atoms with Crippen molar-refractivity contribution in [2.24, 2.45) is 5.73 Å². The van der Waals surface area contributed by atoms with Crippen molar-refractivity contribution in [3.8, 4) is 11.8 Å². The molecule has 4 aromatic rings. The number of ether oxygens (including phenoxy) is 1. The largest absolute Gasteiger partial charge is 0.356 e. The van der Waals surface area contributed by atoms with E-state index in [2.05, 4.69) is 39.2 Å². The van der Waals surface area contributed by atoms with Gasteiger partial charge in [-0.2, -0.15) is 0 Å². The highest BCUT2D eigenvalue weighted by Gasteiger charge is 2.42. The number of rotatable bonds is 7. The number of hydrogen-bond acceptors (Lipinski definition) is 5. The van der Waals surface area contributed by atoms with Crippen LogP contribution in [0, 0.1) is 29.3 Å². The van der Waals surface area contributed by atoms with Crippen molar-refractivity contribution < 1.29 is 22.7 Å². The first-order chi connectivity index (χ1) is 22.3. The molecule has 1 saturated carbocycles. The van der Waals surface area contributed by atoms with Crippen LogP contribution in [0.5, 0.6) is 0 Å². The maximum atomic E-state index is 15.2. The predicted molar refractivity (Wildman–Crippen MR) is 170 cm³/mol. The molecular weight excluding hydrogens is 589 g/mol. The van der Waals surface area contributed by atoms with E-state index in [1.165, 1.54) is 60.3 Å². The summed E-state index contributed by atoms with van der Waals surface area (Å²) < 4.78 is 49.2. The normalized spacial score (nSPS) is 18.2. The lowest BCUT2D eigenvalue weighted by Gasteiger charge is -2.43. The topological polar surface area (TPSA) is 80.5 Å². The third kappa shape index (κ3) is 7.31. The van der Waals surface area contributed by atoms with Crippen LogP contribution in [0.4, 0.5) is 18.9 Å². The Kier molecular flexibility index (Phi) is 9.50. The Labute approximate surface area is 266 Å². The van der Waals surface area contributed by atoms with E-state index >= 15 is 4.39 Å². The Balaban J connectivity index is 1.24. The molecule has 3 N–H and O–H groups in total. The number of nitrogens with one attached hydrogen (secondary N) is 1. The molecule has 1 aliphatic carbocycles. The first-order valence-corrected chi connectivity index (χ1v) is 15.5. The molecule has 46 heavy (non-hydrogen) atoms. The molecule has 1 saturated heterocycles. The van der Waals surface area contributed by atoms with Gasteiger partial charge in [0.1, 0.15) is 17.7 Å². The van der Waals surface area contributed by atoms with Crippen LogP contribution in [0.1, 0.15) is 53.9 Å². The van der Waals surface area contributed by atoms with Crippen molar-refractivity contribution in [1.82, 2.24) is 9.88 Å². The molecule has 1 spiro atoms. The number of nitrogens with two attached hydrogens (primary N) is 1. The highest BCUT2D eigenvalue weighted by atomic mass is 19.1. The number of anilines is 1. The fourth-order valence-electron chi connectivity index (χ4n) is 6.54. The minimum atomic E-state index is -1.20. The summed E-state index contributed by atoms with van der Waals surface area (Å²) in [5, 5.41) is 2.70. The SMILES string of the molecule is NC(C(=O)Nc1cncc(F)c1C#C[C@@H]1CN(Cc2ccccc2)CC2(CCCC2)O1)C(c1ccc(F)cc1)c1ccc(F)cc1. The van der Waals surface area contributed by atoms with Gasteiger partial charge in [0.15, 0.2) is 5.82 Å². The Morgan fingerprint density at radius 2 is 1.59 bits per heavy atom. The third-order valence-electron chi connectivity index (χ3n) is 8.73. The molecule has 2 aliphatic rings. The van der Waals surface area contributed by atoms with E-state index in [9.17, 15) is 13.6 Å². The Morgan fingerprint density at radius 1 is 0.957 bits per heavy atom. The fraction of sp³-hybridized carbons (Fsp3) is 0.297. The van der Waals surface area contributed by atoms with Gasteiger partial charge in [0.25, 0.3) is 0 Å². The van der Waals surface area contributed by atoms with Crippen LogP contribution in [0.3, 0.4) is 0 Å². The molecule has 0 radical (unpaired) electrons. The molecule has 1 aromatic heterocycles. The van der Waals surface area contributed by atoms with Crippen LogP contribution in [-0.2, 0) is 16.1 Å². The summed E-state index contributed by atoms with van der Waals surface area (Å²) in [7, 11) is 0. The van der Waals surface area contributed by atoms with Gasteiger partial charge in [-0.1, -0.05) is 79.3 Å². The molecule has 2 heterocycles. The lowest BCUT2D eigenvalue weighted by Crippen LogP contribution is -2.53. The lowest BCUT2D eigenvalue weighted by molar-refractivity contribution is -0.133. The molecular formula is C37H35F3N4O2. The zero-order chi connectivity index (χ0) is 32.1. The van der Waals surface area contributed by atoms with Gasteiger partial charge < -0.3 is 15.8 Å². The molecule has 3 aromatic carbocycles. The third-order valence-corrected chi connectivity index (χ3v) is 8.73. The first kappa shape index (κ1) is 31.5. The van der Waals surface area contributed by atoms with E-state index in [0.29, 0.717) is 17.7 Å². The highest BCUT2D eigenvalue weighted by Crippen LogP contribution is 2.38. The predicted octanol–water partition coefficient (Wildman–Crippen LogP) is 6.16. The molecule has 6 rings (SSSR count). The van der Waals surface area contributed by atoms with Gasteiger partial charge in [-0.3, -0.25) is 14.7 Å². The summed E-state index contributed by atoms with van der Waals surface area (Å²) in [6.07, 6.45) is 5.98. The molecule has 236 valence electrons. The summed E-state index contributed by atoms with van der Waals surface area (Å²) in [6, 6.07) is 20.2. The number of benzene rings is 3.